The number of nitrogens with one attached hydrogen (secondary N) is 1. The van der Waals surface area contributed by atoms with E-state index in [0.29, 0.717) is 0 Å². The molecule has 1 N–H and O–H groups in total. The molecule has 1 rings (SSSR count). The second-order valence-corrected chi connectivity index (χ2v) is 5.17. The lowest BCUT2D eigenvalue weighted by atomic mass is 9.65. The van der Waals surface area contributed by atoms with Crippen molar-refractivity contribution in [3.63, 3.8) is 0 Å². The molecule has 0 spiro atoms. The molecular formula is C12H21BN2. The van der Waals surface area contributed by atoms with Crippen LogP contribution in [0.2, 0.25) is 0 Å². The molecule has 0 unspecified atom stereocenters. The largest absolute Gasteiger partial charge is 0.343 e. The molecule has 2 nitrogen and oxygen atoms in total. The topological polar surface area (TPSA) is 15.3 Å². The van der Waals surface area contributed by atoms with E-state index in [-0.39, 0.29) is 12.5 Å². The SMILES string of the molecule is CN(C)B(NC(C)(C)C)c1ccccc1. The summed E-state index contributed by atoms with van der Waals surface area (Å²) in [5.41, 5.74) is 1.42. The Bertz CT molecular complexity index is 290. The van der Waals surface area contributed by atoms with Crippen LogP contribution in [0.5, 0.6) is 0 Å². The van der Waals surface area contributed by atoms with Gasteiger partial charge < -0.3 is 10.0 Å². The lowest BCUT2D eigenvalue weighted by Gasteiger charge is -2.30. The van der Waals surface area contributed by atoms with Crippen LogP contribution in [0.4, 0.5) is 0 Å². The summed E-state index contributed by atoms with van der Waals surface area (Å²) in [6.45, 7) is 6.83. The zero-order valence-electron chi connectivity index (χ0n) is 10.4. The minimum atomic E-state index is 0.116. The summed E-state index contributed by atoms with van der Waals surface area (Å²) in [5, 5.41) is 3.60. The zero-order valence-corrected chi connectivity index (χ0v) is 10.4. The number of nitrogens with zero attached hydrogens (tertiary/aromatic N) is 1. The highest BCUT2D eigenvalue weighted by Crippen LogP contribution is 2.01. The van der Waals surface area contributed by atoms with E-state index in [1.165, 1.54) is 5.46 Å². The lowest BCUT2D eigenvalue weighted by Crippen LogP contribution is -2.61. The molecule has 0 aromatic heterocycles. The van der Waals surface area contributed by atoms with E-state index < -0.39 is 0 Å². The second-order valence-electron chi connectivity index (χ2n) is 5.17. The summed E-state index contributed by atoms with van der Waals surface area (Å²) in [6, 6.07) is 10.5. The first-order chi connectivity index (χ1) is 6.90. The Morgan fingerprint density at radius 1 is 1.07 bits per heavy atom. The Morgan fingerprint density at radius 3 is 2.00 bits per heavy atom. The van der Waals surface area contributed by atoms with E-state index in [4.69, 9.17) is 0 Å². The van der Waals surface area contributed by atoms with E-state index in [0.717, 1.165) is 0 Å². The second kappa shape index (κ2) is 4.82. The number of hydrogen-bond acceptors (Lipinski definition) is 2. The Labute approximate surface area is 93.8 Å². The highest BCUT2D eigenvalue weighted by molar-refractivity contribution is 6.68. The predicted octanol–water partition coefficient (Wildman–Crippen LogP) is 1.33. The van der Waals surface area contributed by atoms with Gasteiger partial charge in [0.2, 0.25) is 0 Å². The predicted molar refractivity (Wildman–Crippen MR) is 68.4 cm³/mol. The van der Waals surface area contributed by atoms with Gasteiger partial charge in [0.1, 0.15) is 0 Å². The molecule has 15 heavy (non-hydrogen) atoms. The molecule has 0 saturated heterocycles. The van der Waals surface area contributed by atoms with Crippen molar-refractivity contribution < 1.29 is 0 Å². The molecule has 3 heteroatoms. The first kappa shape index (κ1) is 12.3. The molecule has 0 atom stereocenters. The summed E-state index contributed by atoms with van der Waals surface area (Å²) in [5.74, 6) is 0. The van der Waals surface area contributed by atoms with Crippen LogP contribution in [0, 0.1) is 0 Å². The van der Waals surface area contributed by atoms with Gasteiger partial charge in [-0.15, -0.1) is 0 Å². The molecule has 0 aliphatic carbocycles. The third kappa shape index (κ3) is 4.06. The third-order valence-electron chi connectivity index (χ3n) is 2.20. The van der Waals surface area contributed by atoms with Gasteiger partial charge in [0.15, 0.2) is 0 Å². The average molecular weight is 204 g/mol. The van der Waals surface area contributed by atoms with Crippen molar-refractivity contribution in [3.8, 4) is 0 Å². The zero-order chi connectivity index (χ0) is 11.5. The van der Waals surface area contributed by atoms with Crippen LogP contribution in [0.25, 0.3) is 0 Å². The maximum Gasteiger partial charge on any atom is 0.343 e. The van der Waals surface area contributed by atoms with Crippen molar-refractivity contribution in [2.45, 2.75) is 26.3 Å². The maximum atomic E-state index is 3.60. The maximum absolute atomic E-state index is 3.60. The van der Waals surface area contributed by atoms with E-state index in [1.54, 1.807) is 0 Å². The van der Waals surface area contributed by atoms with Crippen LogP contribution < -0.4 is 10.7 Å². The minimum Gasteiger partial charge on any atom is -0.333 e. The Morgan fingerprint density at radius 2 is 1.60 bits per heavy atom. The van der Waals surface area contributed by atoms with Gasteiger partial charge in [0.05, 0.1) is 0 Å². The molecule has 0 amide bonds. The van der Waals surface area contributed by atoms with E-state index in [9.17, 15) is 0 Å². The van der Waals surface area contributed by atoms with Crippen LogP contribution in [0.15, 0.2) is 30.3 Å². The fraction of sp³-hybridized carbons (Fsp3) is 0.500. The van der Waals surface area contributed by atoms with E-state index >= 15 is 0 Å². The van der Waals surface area contributed by atoms with Crippen molar-refractivity contribution >= 4 is 12.4 Å². The molecule has 82 valence electrons. The van der Waals surface area contributed by atoms with Crippen molar-refractivity contribution in [1.29, 1.82) is 0 Å². The van der Waals surface area contributed by atoms with Gasteiger partial charge >= 0.3 is 6.98 Å². The van der Waals surface area contributed by atoms with E-state index in [1.807, 2.05) is 6.07 Å². The van der Waals surface area contributed by atoms with Gasteiger partial charge in [-0.3, -0.25) is 0 Å². The monoisotopic (exact) mass is 204 g/mol. The third-order valence-corrected chi connectivity index (χ3v) is 2.20. The van der Waals surface area contributed by atoms with Crippen molar-refractivity contribution in [2.75, 3.05) is 14.1 Å². The quantitative estimate of drug-likeness (QED) is 0.747. The fourth-order valence-corrected chi connectivity index (χ4v) is 1.56. The summed E-state index contributed by atoms with van der Waals surface area (Å²) in [6.07, 6.45) is 0. The number of hydrogen-bond donors (Lipinski definition) is 1. The number of benzene rings is 1. The van der Waals surface area contributed by atoms with Gasteiger partial charge in [-0.05, 0) is 40.3 Å². The molecule has 1 aromatic carbocycles. The number of rotatable bonds is 3. The van der Waals surface area contributed by atoms with E-state index in [2.05, 4.69) is 69.2 Å². The summed E-state index contributed by atoms with van der Waals surface area (Å²) in [4.78, 5) is 2.20. The Balaban J connectivity index is 2.85. The fourth-order valence-electron chi connectivity index (χ4n) is 1.56. The lowest BCUT2D eigenvalue weighted by molar-refractivity contribution is 0.490. The Kier molecular flexibility index (Phi) is 3.94. The molecular weight excluding hydrogens is 183 g/mol. The van der Waals surface area contributed by atoms with Crippen LogP contribution in [-0.4, -0.2) is 31.4 Å². The Hall–Kier alpha value is -0.795. The van der Waals surface area contributed by atoms with Gasteiger partial charge in [0.25, 0.3) is 0 Å². The highest BCUT2D eigenvalue weighted by Gasteiger charge is 2.25. The van der Waals surface area contributed by atoms with Crippen LogP contribution in [0.1, 0.15) is 20.8 Å². The molecule has 0 saturated carbocycles. The molecule has 0 fully saturated rings. The first-order valence-corrected chi connectivity index (χ1v) is 5.39. The first-order valence-electron chi connectivity index (χ1n) is 5.39. The van der Waals surface area contributed by atoms with Gasteiger partial charge in [0, 0.05) is 5.54 Å². The van der Waals surface area contributed by atoms with Crippen molar-refractivity contribution in [1.82, 2.24) is 10.0 Å². The smallest absolute Gasteiger partial charge is 0.333 e. The molecule has 0 aliphatic heterocycles. The highest BCUT2D eigenvalue weighted by atomic mass is 15.1. The van der Waals surface area contributed by atoms with Crippen LogP contribution >= 0.6 is 0 Å². The molecule has 1 aromatic rings. The van der Waals surface area contributed by atoms with Gasteiger partial charge in [-0.2, -0.15) is 0 Å². The molecule has 0 radical (unpaired) electrons. The summed E-state index contributed by atoms with van der Waals surface area (Å²) < 4.78 is 0. The minimum absolute atomic E-state index is 0.116. The van der Waals surface area contributed by atoms with Crippen molar-refractivity contribution in [2.24, 2.45) is 0 Å². The normalized spacial score (nSPS) is 11.9. The van der Waals surface area contributed by atoms with Crippen LogP contribution in [0.3, 0.4) is 0 Å². The molecule has 0 aliphatic rings. The van der Waals surface area contributed by atoms with Gasteiger partial charge in [-0.25, -0.2) is 0 Å². The standard InChI is InChI=1S/C12H21BN2/c1-12(2,3)14-13(15(4)5)11-9-7-6-8-10-11/h6-10,14H,1-5H3. The van der Waals surface area contributed by atoms with Gasteiger partial charge in [-0.1, -0.05) is 30.3 Å². The van der Waals surface area contributed by atoms with Crippen molar-refractivity contribution in [3.05, 3.63) is 30.3 Å². The molecule has 0 heterocycles. The molecule has 0 bridgehead atoms. The summed E-state index contributed by atoms with van der Waals surface area (Å²) in [7, 11) is 4.19. The average Bonchev–Trinajstić information content (AvgIpc) is 2.14. The summed E-state index contributed by atoms with van der Waals surface area (Å²) >= 11 is 0. The van der Waals surface area contributed by atoms with Crippen LogP contribution in [-0.2, 0) is 0 Å².